The lowest BCUT2D eigenvalue weighted by molar-refractivity contribution is -0.148. The number of hydrogen-bond donors (Lipinski definition) is 1. The highest BCUT2D eigenvalue weighted by Crippen LogP contribution is 2.12. The second kappa shape index (κ2) is 13.1. The Bertz CT molecular complexity index is 250. The average molecular weight is 297 g/mol. The average Bonchev–Trinajstić information content (AvgIpc) is 2.97. The molecule has 1 aliphatic heterocycles. The predicted molar refractivity (Wildman–Crippen MR) is 88.4 cm³/mol. The molecular formula is C18H35NO2. The van der Waals surface area contributed by atoms with E-state index in [1.807, 2.05) is 0 Å². The van der Waals surface area contributed by atoms with Gasteiger partial charge in [-0.15, -0.1) is 0 Å². The first-order chi connectivity index (χ1) is 10.3. The molecule has 1 atom stereocenters. The van der Waals surface area contributed by atoms with E-state index < -0.39 is 0 Å². The van der Waals surface area contributed by atoms with Gasteiger partial charge >= 0.3 is 5.97 Å². The maximum Gasteiger partial charge on any atom is 0.306 e. The van der Waals surface area contributed by atoms with Gasteiger partial charge in [0.15, 0.2) is 0 Å². The summed E-state index contributed by atoms with van der Waals surface area (Å²) in [6, 6.07) is 0. The van der Waals surface area contributed by atoms with Crippen LogP contribution in [0.2, 0.25) is 0 Å². The number of ether oxygens (including phenoxy) is 1. The topological polar surface area (TPSA) is 38.3 Å². The van der Waals surface area contributed by atoms with E-state index in [1.54, 1.807) is 0 Å². The van der Waals surface area contributed by atoms with Gasteiger partial charge in [0.2, 0.25) is 0 Å². The van der Waals surface area contributed by atoms with Crippen LogP contribution in [0.5, 0.6) is 0 Å². The van der Waals surface area contributed by atoms with Crippen LogP contribution in [0, 0.1) is 0 Å². The van der Waals surface area contributed by atoms with Crippen molar-refractivity contribution in [2.75, 3.05) is 13.1 Å². The summed E-state index contributed by atoms with van der Waals surface area (Å²) in [6.07, 6.45) is 16.2. The Balaban J connectivity index is 1.76. The summed E-state index contributed by atoms with van der Waals surface area (Å²) in [7, 11) is 0. The summed E-state index contributed by atoms with van der Waals surface area (Å²) >= 11 is 0. The molecule has 3 heteroatoms. The summed E-state index contributed by atoms with van der Waals surface area (Å²) in [4.78, 5) is 11.6. The van der Waals surface area contributed by atoms with Gasteiger partial charge in [-0.3, -0.25) is 4.79 Å². The van der Waals surface area contributed by atoms with Crippen LogP contribution in [0.25, 0.3) is 0 Å². The van der Waals surface area contributed by atoms with Gasteiger partial charge < -0.3 is 10.1 Å². The van der Waals surface area contributed by atoms with Gasteiger partial charge in [-0.25, -0.2) is 0 Å². The van der Waals surface area contributed by atoms with Crippen LogP contribution in [-0.2, 0) is 9.53 Å². The van der Waals surface area contributed by atoms with Crippen molar-refractivity contribution in [3.05, 3.63) is 0 Å². The lowest BCUT2D eigenvalue weighted by Crippen LogP contribution is -2.20. The van der Waals surface area contributed by atoms with E-state index >= 15 is 0 Å². The van der Waals surface area contributed by atoms with Crippen LogP contribution in [0.1, 0.15) is 90.4 Å². The molecule has 1 fully saturated rings. The van der Waals surface area contributed by atoms with E-state index in [1.165, 1.54) is 64.2 Å². The smallest absolute Gasteiger partial charge is 0.306 e. The molecule has 0 aromatic heterocycles. The first kappa shape index (κ1) is 18.5. The van der Waals surface area contributed by atoms with Gasteiger partial charge in [0.25, 0.3) is 0 Å². The van der Waals surface area contributed by atoms with E-state index in [2.05, 4.69) is 12.2 Å². The molecule has 0 saturated carbocycles. The zero-order chi connectivity index (χ0) is 15.2. The molecule has 1 unspecified atom stereocenters. The van der Waals surface area contributed by atoms with Crippen LogP contribution >= 0.6 is 0 Å². The number of hydrogen-bond acceptors (Lipinski definition) is 3. The van der Waals surface area contributed by atoms with E-state index in [9.17, 15) is 4.79 Å². The highest BCUT2D eigenvalue weighted by atomic mass is 16.5. The maximum atomic E-state index is 11.6. The molecule has 0 amide bonds. The van der Waals surface area contributed by atoms with Crippen molar-refractivity contribution in [3.63, 3.8) is 0 Å². The Morgan fingerprint density at radius 2 is 1.52 bits per heavy atom. The normalized spacial score (nSPS) is 18.0. The molecule has 1 rings (SSSR count). The van der Waals surface area contributed by atoms with Crippen molar-refractivity contribution in [1.82, 2.24) is 5.32 Å². The minimum atomic E-state index is -0.000348. The van der Waals surface area contributed by atoms with E-state index in [-0.39, 0.29) is 12.1 Å². The lowest BCUT2D eigenvalue weighted by atomic mass is 10.1. The Morgan fingerprint density at radius 1 is 0.952 bits per heavy atom. The molecular weight excluding hydrogens is 262 g/mol. The fourth-order valence-corrected chi connectivity index (χ4v) is 2.91. The summed E-state index contributed by atoms with van der Waals surface area (Å²) < 4.78 is 5.40. The molecule has 0 aliphatic carbocycles. The van der Waals surface area contributed by atoms with Crippen molar-refractivity contribution in [2.45, 2.75) is 96.5 Å². The van der Waals surface area contributed by atoms with Crippen LogP contribution in [0.4, 0.5) is 0 Å². The molecule has 0 aromatic carbocycles. The molecule has 0 bridgehead atoms. The number of unbranched alkanes of at least 4 members (excludes halogenated alkanes) is 10. The van der Waals surface area contributed by atoms with Gasteiger partial charge in [-0.1, -0.05) is 71.1 Å². The van der Waals surface area contributed by atoms with Gasteiger partial charge in [0.1, 0.15) is 6.10 Å². The Morgan fingerprint density at radius 3 is 2.05 bits per heavy atom. The summed E-state index contributed by atoms with van der Waals surface area (Å²) in [5, 5.41) is 3.21. The molecule has 21 heavy (non-hydrogen) atoms. The largest absolute Gasteiger partial charge is 0.461 e. The quantitative estimate of drug-likeness (QED) is 0.399. The SMILES string of the molecule is CCCCCCCCCCCCCC(=O)OC1CCNC1. The summed E-state index contributed by atoms with van der Waals surface area (Å²) in [5.41, 5.74) is 0. The van der Waals surface area contributed by atoms with Crippen molar-refractivity contribution >= 4 is 5.97 Å². The Labute approximate surface area is 131 Å². The number of nitrogens with one attached hydrogen (secondary N) is 1. The first-order valence-electron chi connectivity index (χ1n) is 9.23. The van der Waals surface area contributed by atoms with Crippen LogP contribution < -0.4 is 5.32 Å². The highest BCUT2D eigenvalue weighted by Gasteiger charge is 2.18. The zero-order valence-electron chi connectivity index (χ0n) is 14.0. The maximum absolute atomic E-state index is 11.6. The van der Waals surface area contributed by atoms with Crippen molar-refractivity contribution < 1.29 is 9.53 Å². The molecule has 124 valence electrons. The lowest BCUT2D eigenvalue weighted by Gasteiger charge is -2.10. The number of rotatable bonds is 13. The highest BCUT2D eigenvalue weighted by molar-refractivity contribution is 5.69. The molecule has 3 nitrogen and oxygen atoms in total. The molecule has 0 spiro atoms. The third-order valence-electron chi connectivity index (χ3n) is 4.30. The molecule has 1 N–H and O–H groups in total. The number of esters is 1. The third kappa shape index (κ3) is 10.8. The molecule has 1 aliphatic rings. The van der Waals surface area contributed by atoms with E-state index in [0.29, 0.717) is 6.42 Å². The standard InChI is InChI=1S/C18H35NO2/c1-2-3-4-5-6-7-8-9-10-11-12-13-18(20)21-17-14-15-19-16-17/h17,19H,2-16H2,1H3. The van der Waals surface area contributed by atoms with E-state index in [4.69, 9.17) is 4.74 Å². The van der Waals surface area contributed by atoms with E-state index in [0.717, 1.165) is 25.9 Å². The van der Waals surface area contributed by atoms with Crippen LogP contribution in [-0.4, -0.2) is 25.2 Å². The molecule has 0 radical (unpaired) electrons. The van der Waals surface area contributed by atoms with Crippen LogP contribution in [0.3, 0.4) is 0 Å². The Kier molecular flexibility index (Phi) is 11.5. The van der Waals surface area contributed by atoms with Crippen molar-refractivity contribution in [3.8, 4) is 0 Å². The first-order valence-corrected chi connectivity index (χ1v) is 9.23. The zero-order valence-corrected chi connectivity index (χ0v) is 14.0. The fourth-order valence-electron chi connectivity index (χ4n) is 2.91. The Hall–Kier alpha value is -0.570. The van der Waals surface area contributed by atoms with Gasteiger partial charge in [0, 0.05) is 13.0 Å². The monoisotopic (exact) mass is 297 g/mol. The molecule has 0 aromatic rings. The van der Waals surface area contributed by atoms with Gasteiger partial charge in [-0.05, 0) is 19.4 Å². The second-order valence-electron chi connectivity index (χ2n) is 6.39. The minimum absolute atomic E-state index is 0.000348. The van der Waals surface area contributed by atoms with Gasteiger partial charge in [-0.2, -0.15) is 0 Å². The van der Waals surface area contributed by atoms with Crippen molar-refractivity contribution in [2.24, 2.45) is 0 Å². The van der Waals surface area contributed by atoms with Crippen molar-refractivity contribution in [1.29, 1.82) is 0 Å². The van der Waals surface area contributed by atoms with Crippen LogP contribution in [0.15, 0.2) is 0 Å². The molecule has 1 saturated heterocycles. The molecule has 1 heterocycles. The predicted octanol–water partition coefficient (Wildman–Crippen LogP) is 4.59. The number of carbonyl (C=O) groups excluding carboxylic acids is 1. The minimum Gasteiger partial charge on any atom is -0.461 e. The third-order valence-corrected chi connectivity index (χ3v) is 4.30. The second-order valence-corrected chi connectivity index (χ2v) is 6.39. The summed E-state index contributed by atoms with van der Waals surface area (Å²) in [5.74, 6) is -0.000348. The number of carbonyl (C=O) groups is 1. The summed E-state index contributed by atoms with van der Waals surface area (Å²) in [6.45, 7) is 4.08. The fraction of sp³-hybridized carbons (Fsp3) is 0.944. The van der Waals surface area contributed by atoms with Gasteiger partial charge in [0.05, 0.1) is 0 Å².